The standard InChI is InChI=1S/C16H23NO3/c1-12(2)8-15(11-17)13-9-18-16(20-15,19-10-13)7-6-14(3,4)5/h12-13H,8-10H2,1-5H3. The van der Waals surface area contributed by atoms with Crippen molar-refractivity contribution in [2.24, 2.45) is 17.3 Å². The Morgan fingerprint density at radius 1 is 1.25 bits per heavy atom. The van der Waals surface area contributed by atoms with E-state index >= 15 is 0 Å². The minimum Gasteiger partial charge on any atom is -0.316 e. The van der Waals surface area contributed by atoms with Gasteiger partial charge in [0.2, 0.25) is 0 Å². The third-order valence-corrected chi connectivity index (χ3v) is 3.42. The molecular formula is C16H23NO3. The summed E-state index contributed by atoms with van der Waals surface area (Å²) in [5.74, 6) is 4.99. The van der Waals surface area contributed by atoms with E-state index in [1.54, 1.807) is 0 Å². The molecule has 0 aromatic carbocycles. The summed E-state index contributed by atoms with van der Waals surface area (Å²) >= 11 is 0. The van der Waals surface area contributed by atoms with Gasteiger partial charge in [-0.25, -0.2) is 0 Å². The molecule has 1 unspecified atom stereocenters. The third kappa shape index (κ3) is 2.99. The highest BCUT2D eigenvalue weighted by Gasteiger charge is 2.58. The first-order valence-corrected chi connectivity index (χ1v) is 7.14. The van der Waals surface area contributed by atoms with Crippen molar-refractivity contribution in [1.29, 1.82) is 5.26 Å². The molecule has 0 aliphatic carbocycles. The lowest BCUT2D eigenvalue weighted by Gasteiger charge is -2.51. The molecule has 0 aromatic heterocycles. The molecule has 1 atom stereocenters. The predicted molar refractivity (Wildman–Crippen MR) is 74.2 cm³/mol. The van der Waals surface area contributed by atoms with Gasteiger partial charge in [-0.3, -0.25) is 4.74 Å². The maximum Gasteiger partial charge on any atom is 0.354 e. The summed E-state index contributed by atoms with van der Waals surface area (Å²) in [6.07, 6.45) is 0.667. The lowest BCUT2D eigenvalue weighted by atomic mass is 9.80. The van der Waals surface area contributed by atoms with E-state index in [-0.39, 0.29) is 11.3 Å². The molecule has 4 heteroatoms. The van der Waals surface area contributed by atoms with Gasteiger partial charge in [0.1, 0.15) is 0 Å². The molecule has 3 aliphatic rings. The number of nitriles is 1. The van der Waals surface area contributed by atoms with Crippen LogP contribution in [0, 0.1) is 40.4 Å². The summed E-state index contributed by atoms with van der Waals surface area (Å²) in [6, 6.07) is 2.35. The van der Waals surface area contributed by atoms with Crippen molar-refractivity contribution in [2.75, 3.05) is 13.2 Å². The second-order valence-corrected chi connectivity index (χ2v) is 7.08. The topological polar surface area (TPSA) is 51.5 Å². The first-order valence-electron chi connectivity index (χ1n) is 7.14. The van der Waals surface area contributed by atoms with Crippen LogP contribution in [0.15, 0.2) is 0 Å². The van der Waals surface area contributed by atoms with Crippen LogP contribution in [0.1, 0.15) is 41.0 Å². The molecule has 3 heterocycles. The summed E-state index contributed by atoms with van der Waals surface area (Å²) in [7, 11) is 0. The number of hydrogen-bond acceptors (Lipinski definition) is 4. The van der Waals surface area contributed by atoms with Crippen LogP contribution in [0.25, 0.3) is 0 Å². The molecule has 0 saturated carbocycles. The largest absolute Gasteiger partial charge is 0.354 e. The average Bonchev–Trinajstić information content (AvgIpc) is 2.36. The Labute approximate surface area is 121 Å². The van der Waals surface area contributed by atoms with Crippen LogP contribution in [-0.4, -0.2) is 24.8 Å². The zero-order valence-electron chi connectivity index (χ0n) is 12.9. The summed E-state index contributed by atoms with van der Waals surface area (Å²) < 4.78 is 17.2. The first kappa shape index (κ1) is 15.3. The van der Waals surface area contributed by atoms with Gasteiger partial charge in [0.05, 0.1) is 19.3 Å². The van der Waals surface area contributed by atoms with Gasteiger partial charge in [-0.05, 0) is 39.0 Å². The minimum atomic E-state index is -1.37. The zero-order chi connectivity index (χ0) is 15.0. The Morgan fingerprint density at radius 3 is 2.30 bits per heavy atom. The summed E-state index contributed by atoms with van der Waals surface area (Å²) in [4.78, 5) is 0. The van der Waals surface area contributed by atoms with Gasteiger partial charge in [0.25, 0.3) is 0 Å². The predicted octanol–water partition coefficient (Wildman–Crippen LogP) is 2.69. The van der Waals surface area contributed by atoms with Crippen LogP contribution in [-0.2, 0) is 14.2 Å². The van der Waals surface area contributed by atoms with E-state index in [1.165, 1.54) is 0 Å². The summed E-state index contributed by atoms with van der Waals surface area (Å²) in [5.41, 5.74) is -1.02. The van der Waals surface area contributed by atoms with Crippen LogP contribution in [0.5, 0.6) is 0 Å². The maximum atomic E-state index is 9.62. The number of ether oxygens (including phenoxy) is 3. The Morgan fingerprint density at radius 2 is 1.85 bits per heavy atom. The van der Waals surface area contributed by atoms with Gasteiger partial charge in [-0.15, -0.1) is 0 Å². The molecule has 0 aromatic rings. The highest BCUT2D eigenvalue weighted by Crippen LogP contribution is 2.44. The molecule has 3 fully saturated rings. The molecule has 4 nitrogen and oxygen atoms in total. The van der Waals surface area contributed by atoms with Crippen molar-refractivity contribution in [3.05, 3.63) is 0 Å². The molecule has 20 heavy (non-hydrogen) atoms. The number of fused-ring (bicyclic) bond motifs is 3. The second kappa shape index (κ2) is 5.04. The second-order valence-electron chi connectivity index (χ2n) is 7.08. The van der Waals surface area contributed by atoms with Gasteiger partial charge in [-0.2, -0.15) is 5.26 Å². The van der Waals surface area contributed by atoms with Gasteiger partial charge < -0.3 is 9.47 Å². The van der Waals surface area contributed by atoms with E-state index in [4.69, 9.17) is 14.2 Å². The third-order valence-electron chi connectivity index (χ3n) is 3.42. The minimum absolute atomic E-state index is 0.0480. The molecule has 3 saturated heterocycles. The fraction of sp³-hybridized carbons (Fsp3) is 0.812. The van der Waals surface area contributed by atoms with Crippen molar-refractivity contribution in [2.45, 2.75) is 52.6 Å². The van der Waals surface area contributed by atoms with E-state index in [1.807, 2.05) is 20.8 Å². The quantitative estimate of drug-likeness (QED) is 0.728. The van der Waals surface area contributed by atoms with Crippen LogP contribution < -0.4 is 0 Å². The maximum absolute atomic E-state index is 9.62. The SMILES string of the molecule is CC(C)CC1(C#N)OC2(C#CC(C)(C)C)OCC1CO2. The molecule has 0 N–H and O–H groups in total. The van der Waals surface area contributed by atoms with Gasteiger partial charge in [-0.1, -0.05) is 19.8 Å². The van der Waals surface area contributed by atoms with Crippen molar-refractivity contribution < 1.29 is 14.2 Å². The van der Waals surface area contributed by atoms with E-state index < -0.39 is 11.6 Å². The molecular weight excluding hydrogens is 254 g/mol. The highest BCUT2D eigenvalue weighted by molar-refractivity contribution is 5.19. The molecule has 0 radical (unpaired) electrons. The lowest BCUT2D eigenvalue weighted by molar-refractivity contribution is -0.454. The van der Waals surface area contributed by atoms with Gasteiger partial charge in [0, 0.05) is 11.3 Å². The fourth-order valence-electron chi connectivity index (χ4n) is 2.50. The van der Waals surface area contributed by atoms with Crippen LogP contribution in [0.2, 0.25) is 0 Å². The first-order chi connectivity index (χ1) is 9.20. The summed E-state index contributed by atoms with van der Waals surface area (Å²) in [6.45, 7) is 11.1. The van der Waals surface area contributed by atoms with E-state index in [0.717, 1.165) is 0 Å². The zero-order valence-corrected chi connectivity index (χ0v) is 12.9. The van der Waals surface area contributed by atoms with Crippen molar-refractivity contribution >= 4 is 0 Å². The molecule has 3 aliphatic heterocycles. The lowest BCUT2D eigenvalue weighted by Crippen LogP contribution is -2.64. The highest BCUT2D eigenvalue weighted by atomic mass is 16.9. The molecule has 0 amide bonds. The van der Waals surface area contributed by atoms with Crippen molar-refractivity contribution in [1.82, 2.24) is 0 Å². The molecule has 0 spiro atoms. The normalized spacial score (nSPS) is 36.4. The number of nitrogens with zero attached hydrogens (tertiary/aromatic N) is 1. The average molecular weight is 277 g/mol. The number of hydrogen-bond donors (Lipinski definition) is 0. The van der Waals surface area contributed by atoms with Crippen molar-refractivity contribution in [3.63, 3.8) is 0 Å². The van der Waals surface area contributed by atoms with Crippen LogP contribution in [0.4, 0.5) is 0 Å². The smallest absolute Gasteiger partial charge is 0.316 e. The fourth-order valence-corrected chi connectivity index (χ4v) is 2.50. The van der Waals surface area contributed by atoms with E-state index in [9.17, 15) is 5.26 Å². The van der Waals surface area contributed by atoms with Gasteiger partial charge >= 0.3 is 5.97 Å². The Hall–Kier alpha value is -1.07. The Balaban J connectivity index is 2.29. The van der Waals surface area contributed by atoms with Crippen LogP contribution in [0.3, 0.4) is 0 Å². The number of rotatable bonds is 2. The molecule has 110 valence electrons. The Kier molecular flexibility index (Phi) is 3.86. The van der Waals surface area contributed by atoms with Crippen LogP contribution >= 0.6 is 0 Å². The monoisotopic (exact) mass is 277 g/mol. The van der Waals surface area contributed by atoms with Crippen molar-refractivity contribution in [3.8, 4) is 17.9 Å². The molecule has 3 rings (SSSR count). The summed E-state index contributed by atoms with van der Waals surface area (Å²) in [5, 5.41) is 9.62. The Bertz CT molecular complexity index is 467. The molecule has 2 bridgehead atoms. The van der Waals surface area contributed by atoms with Gasteiger partial charge in [0.15, 0.2) is 5.60 Å². The van der Waals surface area contributed by atoms with E-state index in [0.29, 0.717) is 25.6 Å². The van der Waals surface area contributed by atoms with E-state index in [2.05, 4.69) is 31.8 Å².